The number of hydrogen-bond donors (Lipinski definition) is 1. The highest BCUT2D eigenvalue weighted by Crippen LogP contribution is 2.32. The van der Waals surface area contributed by atoms with Crippen LogP contribution < -0.4 is 5.56 Å². The number of aromatic amines is 1. The Bertz CT molecular complexity index is 1000. The van der Waals surface area contributed by atoms with E-state index in [0.717, 1.165) is 34.9 Å². The fourth-order valence-corrected chi connectivity index (χ4v) is 4.74. The number of H-pyrrole nitrogens is 1. The van der Waals surface area contributed by atoms with Gasteiger partial charge in [-0.15, -0.1) is 11.3 Å². The lowest BCUT2D eigenvalue weighted by Crippen LogP contribution is -2.37. The zero-order chi connectivity index (χ0) is 18.3. The Morgan fingerprint density at radius 3 is 2.88 bits per heavy atom. The van der Waals surface area contributed by atoms with Gasteiger partial charge in [0.25, 0.3) is 5.56 Å². The van der Waals surface area contributed by atoms with E-state index in [-0.39, 0.29) is 5.56 Å². The number of aryl methyl sites for hydroxylation is 2. The van der Waals surface area contributed by atoms with E-state index in [1.54, 1.807) is 11.3 Å². The first kappa shape index (κ1) is 17.4. The summed E-state index contributed by atoms with van der Waals surface area (Å²) in [5, 5.41) is 2.78. The number of likely N-dealkylation sites (tertiary alicyclic amines) is 1. The number of piperidine rings is 1. The highest BCUT2D eigenvalue weighted by atomic mass is 32.1. The molecule has 0 aliphatic carbocycles. The summed E-state index contributed by atoms with van der Waals surface area (Å²) in [4.78, 5) is 23.9. The van der Waals surface area contributed by atoms with Crippen LogP contribution in [-0.2, 0) is 6.54 Å². The fourth-order valence-electron chi connectivity index (χ4n) is 3.77. The third-order valence-corrected chi connectivity index (χ3v) is 6.48. The van der Waals surface area contributed by atoms with Crippen LogP contribution in [0.15, 0.2) is 28.4 Å². The monoisotopic (exact) mass is 367 g/mol. The van der Waals surface area contributed by atoms with E-state index >= 15 is 0 Å². The first-order valence-electron chi connectivity index (χ1n) is 9.35. The van der Waals surface area contributed by atoms with Crippen LogP contribution in [0, 0.1) is 13.8 Å². The molecular weight excluding hydrogens is 342 g/mol. The number of benzene rings is 1. The maximum Gasteiger partial charge on any atom is 0.260 e. The molecule has 3 heterocycles. The predicted molar refractivity (Wildman–Crippen MR) is 109 cm³/mol. The van der Waals surface area contributed by atoms with Crippen molar-refractivity contribution in [3.63, 3.8) is 0 Å². The average Bonchev–Trinajstić information content (AvgIpc) is 3.04. The molecule has 1 N–H and O–H groups in total. The van der Waals surface area contributed by atoms with Crippen molar-refractivity contribution in [1.29, 1.82) is 0 Å². The Labute approximate surface area is 157 Å². The van der Waals surface area contributed by atoms with Crippen molar-refractivity contribution in [3.05, 3.63) is 50.9 Å². The van der Waals surface area contributed by atoms with Gasteiger partial charge in [0, 0.05) is 17.0 Å². The lowest BCUT2D eigenvalue weighted by molar-refractivity contribution is 0.149. The summed E-state index contributed by atoms with van der Waals surface area (Å²) >= 11 is 1.56. The summed E-state index contributed by atoms with van der Waals surface area (Å²) in [6.45, 7) is 8.28. The Kier molecular flexibility index (Phi) is 4.67. The fraction of sp³-hybridized carbons (Fsp3) is 0.429. The first-order valence-corrected chi connectivity index (χ1v) is 10.2. The van der Waals surface area contributed by atoms with Crippen LogP contribution in [0.2, 0.25) is 0 Å². The quantitative estimate of drug-likeness (QED) is 0.733. The lowest BCUT2D eigenvalue weighted by atomic mass is 10.0. The molecule has 0 radical (unpaired) electrons. The normalized spacial score (nSPS) is 18.5. The number of fused-ring (bicyclic) bond motifs is 1. The molecule has 0 bridgehead atoms. The molecular formula is C21H25N3OS. The molecule has 1 atom stereocenters. The smallest absolute Gasteiger partial charge is 0.260 e. The zero-order valence-electron chi connectivity index (χ0n) is 15.6. The minimum atomic E-state index is -0.0239. The number of nitrogens with zero attached hydrogens (tertiary/aromatic N) is 2. The predicted octanol–water partition coefficient (Wildman–Crippen LogP) is 4.64. The van der Waals surface area contributed by atoms with Crippen LogP contribution in [0.3, 0.4) is 0 Å². The van der Waals surface area contributed by atoms with Gasteiger partial charge in [-0.1, -0.05) is 24.6 Å². The van der Waals surface area contributed by atoms with Crippen LogP contribution >= 0.6 is 11.3 Å². The van der Waals surface area contributed by atoms with E-state index in [9.17, 15) is 4.79 Å². The van der Waals surface area contributed by atoms with Crippen LogP contribution in [0.25, 0.3) is 21.3 Å². The molecule has 1 aliphatic rings. The highest BCUT2D eigenvalue weighted by molar-refractivity contribution is 7.17. The number of thiophene rings is 1. The molecule has 0 spiro atoms. The van der Waals surface area contributed by atoms with Crippen LogP contribution in [0.1, 0.15) is 43.1 Å². The molecule has 4 rings (SSSR count). The van der Waals surface area contributed by atoms with Crippen molar-refractivity contribution in [1.82, 2.24) is 14.9 Å². The van der Waals surface area contributed by atoms with Gasteiger partial charge in [0.2, 0.25) is 0 Å². The molecule has 1 aliphatic heterocycles. The molecule has 1 unspecified atom stereocenters. The topological polar surface area (TPSA) is 49.0 Å². The van der Waals surface area contributed by atoms with Gasteiger partial charge in [-0.05, 0) is 56.8 Å². The van der Waals surface area contributed by atoms with Crippen LogP contribution in [0.4, 0.5) is 0 Å². The molecule has 4 nitrogen and oxygen atoms in total. The third-order valence-electron chi connectivity index (χ3n) is 5.60. The Hall–Kier alpha value is -1.98. The molecule has 26 heavy (non-hydrogen) atoms. The molecule has 2 aromatic heterocycles. The number of rotatable bonds is 3. The summed E-state index contributed by atoms with van der Waals surface area (Å²) < 4.78 is 0. The summed E-state index contributed by atoms with van der Waals surface area (Å²) in [6.07, 6.45) is 3.75. The van der Waals surface area contributed by atoms with Crippen molar-refractivity contribution >= 4 is 21.6 Å². The van der Waals surface area contributed by atoms with Gasteiger partial charge in [-0.2, -0.15) is 0 Å². The Morgan fingerprint density at radius 1 is 1.27 bits per heavy atom. The second-order valence-corrected chi connectivity index (χ2v) is 8.31. The highest BCUT2D eigenvalue weighted by Gasteiger charge is 2.20. The van der Waals surface area contributed by atoms with Crippen LogP contribution in [0.5, 0.6) is 0 Å². The van der Waals surface area contributed by atoms with E-state index < -0.39 is 0 Å². The molecule has 3 aromatic rings. The van der Waals surface area contributed by atoms with Crippen molar-refractivity contribution < 1.29 is 0 Å². The van der Waals surface area contributed by atoms with Gasteiger partial charge in [-0.25, -0.2) is 4.98 Å². The third kappa shape index (κ3) is 3.21. The summed E-state index contributed by atoms with van der Waals surface area (Å²) in [7, 11) is 0. The van der Waals surface area contributed by atoms with Crippen LogP contribution in [-0.4, -0.2) is 27.5 Å². The van der Waals surface area contributed by atoms with Crippen molar-refractivity contribution in [2.24, 2.45) is 0 Å². The number of nitrogens with one attached hydrogen (secondary N) is 1. The minimum absolute atomic E-state index is 0.0239. The molecule has 0 amide bonds. The summed E-state index contributed by atoms with van der Waals surface area (Å²) in [5.74, 6) is 0.782. The van der Waals surface area contributed by atoms with E-state index in [1.807, 2.05) is 0 Å². The second kappa shape index (κ2) is 6.97. The van der Waals surface area contributed by atoms with Gasteiger partial charge >= 0.3 is 0 Å². The molecule has 0 saturated carbocycles. The van der Waals surface area contributed by atoms with E-state index in [4.69, 9.17) is 4.98 Å². The summed E-state index contributed by atoms with van der Waals surface area (Å²) in [6, 6.07) is 6.91. The second-order valence-electron chi connectivity index (χ2n) is 7.46. The van der Waals surface area contributed by atoms with E-state index in [1.165, 1.54) is 30.4 Å². The minimum Gasteiger partial charge on any atom is -0.309 e. The van der Waals surface area contributed by atoms with E-state index in [0.29, 0.717) is 11.4 Å². The maximum atomic E-state index is 12.8. The molecule has 1 fully saturated rings. The first-order chi connectivity index (χ1) is 12.5. The van der Waals surface area contributed by atoms with Gasteiger partial charge in [0.15, 0.2) is 0 Å². The van der Waals surface area contributed by atoms with Gasteiger partial charge in [0.1, 0.15) is 10.7 Å². The van der Waals surface area contributed by atoms with Gasteiger partial charge in [0.05, 0.1) is 11.9 Å². The zero-order valence-corrected chi connectivity index (χ0v) is 16.4. The Balaban J connectivity index is 1.71. The molecule has 1 saturated heterocycles. The van der Waals surface area contributed by atoms with Gasteiger partial charge < -0.3 is 4.98 Å². The lowest BCUT2D eigenvalue weighted by Gasteiger charge is -2.32. The largest absolute Gasteiger partial charge is 0.309 e. The molecule has 5 heteroatoms. The molecule has 1 aromatic carbocycles. The average molecular weight is 368 g/mol. The summed E-state index contributed by atoms with van der Waals surface area (Å²) in [5.41, 5.74) is 4.55. The Morgan fingerprint density at radius 2 is 2.12 bits per heavy atom. The van der Waals surface area contributed by atoms with Crippen molar-refractivity contribution in [2.75, 3.05) is 6.54 Å². The molecule has 136 valence electrons. The number of aromatic nitrogens is 2. The maximum absolute atomic E-state index is 12.8. The van der Waals surface area contributed by atoms with E-state index in [2.05, 4.69) is 54.2 Å². The van der Waals surface area contributed by atoms with Gasteiger partial charge in [-0.3, -0.25) is 9.69 Å². The van der Waals surface area contributed by atoms with Crippen molar-refractivity contribution in [3.8, 4) is 11.1 Å². The number of hydrogen-bond acceptors (Lipinski definition) is 4. The SMILES string of the molecule is Cc1ccc(-c2csc3nc(CN4CCCCC4C)[nH]c(=O)c23)cc1C. The van der Waals surface area contributed by atoms with Crippen molar-refractivity contribution in [2.45, 2.75) is 52.6 Å². The standard InChI is InChI=1S/C21H25N3OS/c1-13-7-8-16(10-14(13)2)17-12-26-21-19(17)20(25)22-18(23-21)11-24-9-5-4-6-15(24)3/h7-8,10,12,15H,4-6,9,11H2,1-3H3,(H,22,23,25).